The molecule has 0 radical (unpaired) electrons. The molecule has 1 aliphatic carbocycles. The van der Waals surface area contributed by atoms with Gasteiger partial charge in [-0.25, -0.2) is 13.8 Å². The second-order valence-electron chi connectivity index (χ2n) is 18.1. The molecular weight excluding hydrogens is 820 g/mol. The van der Waals surface area contributed by atoms with Crippen LogP contribution in [0.15, 0.2) is 47.4 Å². The van der Waals surface area contributed by atoms with Crippen LogP contribution in [0.1, 0.15) is 56.6 Å². The summed E-state index contributed by atoms with van der Waals surface area (Å²) in [6.07, 6.45) is 6.92. The van der Waals surface area contributed by atoms with Gasteiger partial charge in [0.15, 0.2) is 12.4 Å². The Kier molecular flexibility index (Phi) is 9.37. The van der Waals surface area contributed by atoms with Crippen molar-refractivity contribution in [3.05, 3.63) is 63.7 Å². The lowest BCUT2D eigenvalue weighted by Gasteiger charge is -2.39. The monoisotopic (exact) mass is 867 g/mol. The van der Waals surface area contributed by atoms with Crippen LogP contribution >= 0.6 is 11.6 Å². The zero-order valence-electron chi connectivity index (χ0n) is 34.5. The molecule has 5 aromatic rings. The Hall–Kier alpha value is -5.55. The Labute approximate surface area is 360 Å². The average Bonchev–Trinajstić information content (AvgIpc) is 3.81. The third-order valence-corrected chi connectivity index (χ3v) is 14.4. The van der Waals surface area contributed by atoms with Crippen LogP contribution in [0.4, 0.5) is 37.6 Å². The van der Waals surface area contributed by atoms with Crippen LogP contribution in [-0.4, -0.2) is 104 Å². The van der Waals surface area contributed by atoms with Crippen molar-refractivity contribution >= 4 is 74.0 Å². The van der Waals surface area contributed by atoms with Crippen molar-refractivity contribution in [3.8, 4) is 5.75 Å². The van der Waals surface area contributed by atoms with Crippen molar-refractivity contribution in [2.45, 2.75) is 74.9 Å². The number of benzene rings is 2. The van der Waals surface area contributed by atoms with Crippen LogP contribution in [0.25, 0.3) is 21.8 Å². The minimum absolute atomic E-state index is 0.105. The molecule has 1 unspecified atom stereocenters. The Morgan fingerprint density at radius 3 is 2.58 bits per heavy atom. The van der Waals surface area contributed by atoms with Crippen molar-refractivity contribution in [2.75, 3.05) is 59.8 Å². The molecule has 2 bridgehead atoms. The van der Waals surface area contributed by atoms with Gasteiger partial charge in [-0.3, -0.25) is 29.3 Å². The number of hydrogen-bond donors (Lipinski definition) is 3. The SMILES string of the molecule is Cn1nc(C2CCC(=O)NC2=O)c2cccc(N3C[C@H]4C[C@@H]3CN4CC3CCN(c4ncc(Cl)c(Nc5ccc6c(c5)c5c(c(=O)n6C)OCC(F)(F)[C@H](C6CC6)N5)n4)CC3)c21. The minimum atomic E-state index is -3.13. The quantitative estimate of drug-likeness (QED) is 0.168. The van der Waals surface area contributed by atoms with Crippen molar-refractivity contribution in [3.63, 3.8) is 0 Å². The van der Waals surface area contributed by atoms with Crippen LogP contribution < -0.4 is 36.0 Å². The Balaban J connectivity index is 0.744. The summed E-state index contributed by atoms with van der Waals surface area (Å²) in [4.78, 5) is 54.7. The lowest BCUT2D eigenvalue weighted by atomic mass is 9.92. The number of amides is 2. The summed E-state index contributed by atoms with van der Waals surface area (Å²) < 4.78 is 39.2. The van der Waals surface area contributed by atoms with Crippen LogP contribution in [0, 0.1) is 11.8 Å². The van der Waals surface area contributed by atoms with E-state index >= 15 is 8.78 Å². The van der Waals surface area contributed by atoms with Crippen LogP contribution in [0.5, 0.6) is 5.75 Å². The van der Waals surface area contributed by atoms with Crippen molar-refractivity contribution in [1.82, 2.24) is 34.5 Å². The number of anilines is 5. The minimum Gasteiger partial charge on any atom is -0.480 e. The van der Waals surface area contributed by atoms with Gasteiger partial charge in [-0.2, -0.15) is 10.1 Å². The summed E-state index contributed by atoms with van der Waals surface area (Å²) in [6.45, 7) is 3.75. The lowest BCUT2D eigenvalue weighted by Crippen LogP contribution is -2.49. The Morgan fingerprint density at radius 1 is 1.00 bits per heavy atom. The molecule has 18 heteroatoms. The standard InChI is InChI=1S/C44H48ClF2N11O4/c1-54-32-10-8-25(16-30(32)36-38(42(54)61)62-22-44(46,47)39(51-36)24-6-7-24)49-40-31(45)18-48-43(52-40)56-14-12-23(13-15-56)19-57-20-27-17-26(57)21-58(27)33-5-3-4-28-35(53-55(2)37(28)33)29-9-11-34(59)50-41(29)60/h3-5,8,10,16,18,23-24,26-27,29,39,51H,6-7,9,11-15,17,19-22H2,1-2H3,(H,48,49,52)(H,50,59,60)/t26-,27-,29?,39+/m1/s1. The number of ether oxygens (including phenoxy) is 1. The van der Waals surface area contributed by atoms with Crippen molar-refractivity contribution < 1.29 is 23.1 Å². The first-order chi connectivity index (χ1) is 29.9. The highest BCUT2D eigenvalue weighted by molar-refractivity contribution is 6.33. The number of para-hydroxylation sites is 1. The van der Waals surface area contributed by atoms with E-state index in [2.05, 4.69) is 47.8 Å². The van der Waals surface area contributed by atoms with Gasteiger partial charge in [0, 0.05) is 81.8 Å². The first kappa shape index (κ1) is 39.3. The molecule has 11 rings (SSSR count). The fourth-order valence-electron chi connectivity index (χ4n) is 10.7. The number of rotatable bonds is 8. The Bertz CT molecular complexity index is 2710. The van der Waals surface area contributed by atoms with Gasteiger partial charge in [-0.15, -0.1) is 0 Å². The van der Waals surface area contributed by atoms with Gasteiger partial charge in [-0.05, 0) is 74.6 Å². The number of likely N-dealkylation sites (tertiary alicyclic amines) is 1. The number of halogens is 3. The fraction of sp³-hybridized carbons (Fsp3) is 0.500. The molecule has 3 aromatic heterocycles. The molecule has 5 fully saturated rings. The molecular formula is C44H48ClF2N11O4. The first-order valence-electron chi connectivity index (χ1n) is 21.7. The molecule has 62 heavy (non-hydrogen) atoms. The molecule has 1 saturated carbocycles. The van der Waals surface area contributed by atoms with E-state index in [1.165, 1.54) is 4.57 Å². The van der Waals surface area contributed by atoms with Gasteiger partial charge in [0.25, 0.3) is 5.56 Å². The zero-order chi connectivity index (χ0) is 42.6. The molecule has 2 aromatic carbocycles. The summed E-state index contributed by atoms with van der Waals surface area (Å²) >= 11 is 6.65. The van der Waals surface area contributed by atoms with E-state index in [0.717, 1.165) is 74.3 Å². The molecule has 4 saturated heterocycles. The topological polar surface area (TPSA) is 155 Å². The van der Waals surface area contributed by atoms with Crippen molar-refractivity contribution in [1.29, 1.82) is 0 Å². The van der Waals surface area contributed by atoms with E-state index in [1.54, 1.807) is 19.3 Å². The first-order valence-corrected chi connectivity index (χ1v) is 22.1. The second kappa shape index (κ2) is 14.8. The Morgan fingerprint density at radius 2 is 1.82 bits per heavy atom. The van der Waals surface area contributed by atoms with Gasteiger partial charge < -0.3 is 29.7 Å². The molecule has 4 atom stereocenters. The number of imide groups is 1. The zero-order valence-corrected chi connectivity index (χ0v) is 35.3. The van der Waals surface area contributed by atoms with Gasteiger partial charge in [-0.1, -0.05) is 23.7 Å². The van der Waals surface area contributed by atoms with Crippen LogP contribution in [0.3, 0.4) is 0 Å². The van der Waals surface area contributed by atoms with E-state index in [-0.39, 0.29) is 29.2 Å². The fourth-order valence-corrected chi connectivity index (χ4v) is 10.9. The van der Waals surface area contributed by atoms with Gasteiger partial charge in [0.05, 0.1) is 46.3 Å². The number of pyridine rings is 1. The predicted molar refractivity (Wildman–Crippen MR) is 232 cm³/mol. The maximum Gasteiger partial charge on any atom is 0.301 e. The predicted octanol–water partition coefficient (Wildman–Crippen LogP) is 5.53. The molecule has 6 aliphatic rings. The van der Waals surface area contributed by atoms with Crippen LogP contribution in [0.2, 0.25) is 5.02 Å². The summed E-state index contributed by atoms with van der Waals surface area (Å²) in [5, 5.41) is 15.6. The maximum absolute atomic E-state index is 15.2. The molecule has 3 N–H and O–H groups in total. The summed E-state index contributed by atoms with van der Waals surface area (Å²) in [6, 6.07) is 11.4. The third-order valence-electron chi connectivity index (χ3n) is 14.1. The molecule has 324 valence electrons. The number of carbonyl (C=O) groups is 2. The van der Waals surface area contributed by atoms with Crippen molar-refractivity contribution in [2.24, 2.45) is 25.9 Å². The molecule has 0 spiro atoms. The number of aromatic nitrogens is 5. The van der Waals surface area contributed by atoms with Gasteiger partial charge >= 0.3 is 5.92 Å². The number of fused-ring (bicyclic) bond motifs is 6. The number of nitrogens with zero attached hydrogens (tertiary/aromatic N) is 8. The average molecular weight is 868 g/mol. The molecule has 8 heterocycles. The molecule has 15 nitrogen and oxygen atoms in total. The van der Waals surface area contributed by atoms with E-state index in [1.807, 2.05) is 29.9 Å². The number of carbonyl (C=O) groups excluding carboxylic acids is 2. The number of piperidine rings is 2. The smallest absolute Gasteiger partial charge is 0.301 e. The number of aryl methyl sites for hydroxylation is 2. The summed E-state index contributed by atoms with van der Waals surface area (Å²) in [5.74, 6) is -2.80. The highest BCUT2D eigenvalue weighted by Gasteiger charge is 2.51. The summed E-state index contributed by atoms with van der Waals surface area (Å²) in [7, 11) is 3.55. The summed E-state index contributed by atoms with van der Waals surface area (Å²) in [5.41, 5.74) is 3.93. The third kappa shape index (κ3) is 6.69. The number of alkyl halides is 2. The molecule has 5 aliphatic heterocycles. The highest BCUT2D eigenvalue weighted by atomic mass is 35.5. The number of piperazine rings is 1. The number of nitrogens with one attached hydrogen (secondary N) is 3. The van der Waals surface area contributed by atoms with Gasteiger partial charge in [0.2, 0.25) is 23.5 Å². The normalized spacial score (nSPS) is 25.2. The van der Waals surface area contributed by atoms with E-state index < -0.39 is 30.0 Å². The lowest BCUT2D eigenvalue weighted by molar-refractivity contribution is -0.134. The van der Waals surface area contributed by atoms with E-state index in [0.29, 0.717) is 77.1 Å². The maximum atomic E-state index is 15.2. The largest absolute Gasteiger partial charge is 0.480 e. The van der Waals surface area contributed by atoms with Crippen LogP contribution in [-0.2, 0) is 23.7 Å². The van der Waals surface area contributed by atoms with Gasteiger partial charge in [0.1, 0.15) is 5.02 Å². The highest BCUT2D eigenvalue weighted by Crippen LogP contribution is 2.46. The number of hydrogen-bond acceptors (Lipinski definition) is 12. The van der Waals surface area contributed by atoms with E-state index in [4.69, 9.17) is 26.4 Å². The van der Waals surface area contributed by atoms with E-state index in [9.17, 15) is 14.4 Å². The molecule has 2 amide bonds. The second-order valence-corrected chi connectivity index (χ2v) is 18.5.